The molecule has 2 aromatic carbocycles. The van der Waals surface area contributed by atoms with Gasteiger partial charge in [-0.15, -0.1) is 0 Å². The topological polar surface area (TPSA) is 99.6 Å². The van der Waals surface area contributed by atoms with Crippen LogP contribution in [0.3, 0.4) is 0 Å². The molecule has 10 heteroatoms. The molecule has 1 aliphatic heterocycles. The predicted octanol–water partition coefficient (Wildman–Crippen LogP) is 3.51. The highest BCUT2D eigenvalue weighted by molar-refractivity contribution is 9.10. The largest absolute Gasteiger partial charge is 0.465 e. The molecule has 3 rings (SSSR count). The van der Waals surface area contributed by atoms with Crippen LogP contribution in [-0.4, -0.2) is 41.4 Å². The van der Waals surface area contributed by atoms with Gasteiger partial charge in [0.1, 0.15) is 12.4 Å². The molecule has 0 spiro atoms. The quantitative estimate of drug-likeness (QED) is 0.558. The highest BCUT2D eigenvalue weighted by Gasteiger charge is 2.29. The van der Waals surface area contributed by atoms with Crippen LogP contribution >= 0.6 is 27.7 Å². The number of nitrogens with one attached hydrogen (secondary N) is 2. The van der Waals surface area contributed by atoms with Crippen molar-refractivity contribution in [2.24, 2.45) is 0 Å². The molecule has 162 valence electrons. The number of thioether (sulfide) groups is 1. The molecule has 1 unspecified atom stereocenters. The zero-order chi connectivity index (χ0) is 22.5. The van der Waals surface area contributed by atoms with Crippen molar-refractivity contribution in [3.05, 3.63) is 63.9 Å². The van der Waals surface area contributed by atoms with Crippen molar-refractivity contribution < 1.29 is 23.5 Å². The normalized spacial score (nSPS) is 15.5. The first kappa shape index (κ1) is 23.0. The molecule has 2 amide bonds. The van der Waals surface area contributed by atoms with Crippen LogP contribution < -0.4 is 10.2 Å². The van der Waals surface area contributed by atoms with Gasteiger partial charge in [-0.3, -0.25) is 24.7 Å². The summed E-state index contributed by atoms with van der Waals surface area (Å²) in [4.78, 5) is 38.0. The van der Waals surface area contributed by atoms with Crippen molar-refractivity contribution >= 4 is 56.3 Å². The van der Waals surface area contributed by atoms with Crippen molar-refractivity contribution in [2.75, 3.05) is 18.1 Å². The van der Waals surface area contributed by atoms with E-state index in [1.54, 1.807) is 37.3 Å². The van der Waals surface area contributed by atoms with Gasteiger partial charge in [0.2, 0.25) is 5.91 Å². The molecule has 1 heterocycles. The van der Waals surface area contributed by atoms with Crippen molar-refractivity contribution in [3.8, 4) is 0 Å². The first-order valence-electron chi connectivity index (χ1n) is 9.36. The van der Waals surface area contributed by atoms with Gasteiger partial charge in [0, 0.05) is 10.0 Å². The summed E-state index contributed by atoms with van der Waals surface area (Å²) in [5.74, 6) is -2.09. The van der Waals surface area contributed by atoms with Gasteiger partial charge in [-0.1, -0.05) is 39.8 Å². The summed E-state index contributed by atoms with van der Waals surface area (Å²) in [6.07, 6.45) is 0.404. The lowest BCUT2D eigenvalue weighted by molar-refractivity contribution is -0.141. The van der Waals surface area contributed by atoms with E-state index in [0.717, 1.165) is 22.2 Å². The summed E-state index contributed by atoms with van der Waals surface area (Å²) < 4.78 is 20.0. The lowest BCUT2D eigenvalue weighted by Crippen LogP contribution is -2.37. The molecule has 1 fully saturated rings. The standard InChI is InChI=1S/C21H19BrFN3O4S/c1-2-30-18(27)11-26(16-8-7-14(22)10-15(16)23)20(29)13-5-3-12(4-6-13)9-17-19(28)25-21(24)31-17/h3-8,10,17H,2,9,11H2,1H3,(H2,24,25,28). The Labute approximate surface area is 191 Å². The van der Waals surface area contributed by atoms with Gasteiger partial charge in [-0.25, -0.2) is 4.39 Å². The predicted molar refractivity (Wildman–Crippen MR) is 120 cm³/mol. The highest BCUT2D eigenvalue weighted by atomic mass is 79.9. The maximum absolute atomic E-state index is 14.5. The van der Waals surface area contributed by atoms with Crippen LogP contribution in [0.1, 0.15) is 22.8 Å². The molecule has 0 saturated carbocycles. The van der Waals surface area contributed by atoms with Crippen molar-refractivity contribution in [2.45, 2.75) is 18.6 Å². The molecule has 2 aromatic rings. The minimum atomic E-state index is -0.657. The Kier molecular flexibility index (Phi) is 7.45. The van der Waals surface area contributed by atoms with Gasteiger partial charge in [0.25, 0.3) is 5.91 Å². The molecule has 1 saturated heterocycles. The van der Waals surface area contributed by atoms with Crippen LogP contribution in [0.4, 0.5) is 10.1 Å². The SMILES string of the molecule is CCOC(=O)CN(C(=O)c1ccc(CC2SC(=N)NC2=O)cc1)c1ccc(Br)cc1F. The number of rotatable bonds is 7. The molecule has 2 N–H and O–H groups in total. The van der Waals surface area contributed by atoms with E-state index in [4.69, 9.17) is 10.1 Å². The monoisotopic (exact) mass is 507 g/mol. The van der Waals surface area contributed by atoms with Gasteiger partial charge in [0.15, 0.2) is 5.17 Å². The number of amidine groups is 1. The zero-order valence-electron chi connectivity index (χ0n) is 16.5. The second-order valence-electron chi connectivity index (χ2n) is 6.62. The Morgan fingerprint density at radius 3 is 2.55 bits per heavy atom. The summed E-state index contributed by atoms with van der Waals surface area (Å²) in [7, 11) is 0. The number of esters is 1. The lowest BCUT2D eigenvalue weighted by atomic mass is 10.1. The van der Waals surface area contributed by atoms with Gasteiger partial charge in [0.05, 0.1) is 17.5 Å². The van der Waals surface area contributed by atoms with Gasteiger partial charge in [-0.05, 0) is 49.2 Å². The van der Waals surface area contributed by atoms with E-state index in [1.165, 1.54) is 12.1 Å². The molecule has 0 bridgehead atoms. The minimum absolute atomic E-state index is 0.0390. The molecule has 1 atom stereocenters. The smallest absolute Gasteiger partial charge is 0.326 e. The Morgan fingerprint density at radius 2 is 1.97 bits per heavy atom. The van der Waals surface area contributed by atoms with Gasteiger partial charge in [-0.2, -0.15) is 0 Å². The molecule has 7 nitrogen and oxygen atoms in total. The second-order valence-corrected chi connectivity index (χ2v) is 8.75. The summed E-state index contributed by atoms with van der Waals surface area (Å²) >= 11 is 4.32. The number of amides is 2. The average molecular weight is 508 g/mol. The van der Waals surface area contributed by atoms with E-state index < -0.39 is 29.5 Å². The van der Waals surface area contributed by atoms with E-state index in [0.29, 0.717) is 10.9 Å². The summed E-state index contributed by atoms with van der Waals surface area (Å²) in [6.45, 7) is 1.35. The number of halogens is 2. The fourth-order valence-corrected chi connectivity index (χ4v) is 4.23. The summed E-state index contributed by atoms with van der Waals surface area (Å²) in [6, 6.07) is 10.7. The highest BCUT2D eigenvalue weighted by Crippen LogP contribution is 2.26. The Morgan fingerprint density at radius 1 is 1.26 bits per heavy atom. The number of anilines is 1. The van der Waals surface area contributed by atoms with Crippen LogP contribution in [-0.2, 0) is 20.7 Å². The second kappa shape index (κ2) is 10.1. The third-order valence-corrected chi connectivity index (χ3v) is 5.95. The van der Waals surface area contributed by atoms with Crippen molar-refractivity contribution in [1.82, 2.24) is 5.32 Å². The third-order valence-electron chi connectivity index (χ3n) is 4.45. The summed E-state index contributed by atoms with van der Waals surface area (Å²) in [5, 5.41) is 9.69. The molecular formula is C21H19BrFN3O4S. The minimum Gasteiger partial charge on any atom is -0.465 e. The van der Waals surface area contributed by atoms with Gasteiger partial charge >= 0.3 is 5.97 Å². The van der Waals surface area contributed by atoms with Gasteiger partial charge < -0.3 is 10.1 Å². The fourth-order valence-electron chi connectivity index (χ4n) is 3.01. The maximum atomic E-state index is 14.5. The number of hydrogen-bond donors (Lipinski definition) is 2. The van der Waals surface area contributed by atoms with E-state index >= 15 is 0 Å². The van der Waals surface area contributed by atoms with E-state index in [9.17, 15) is 18.8 Å². The van der Waals surface area contributed by atoms with Crippen molar-refractivity contribution in [1.29, 1.82) is 5.41 Å². The lowest BCUT2D eigenvalue weighted by Gasteiger charge is -2.23. The number of ether oxygens (including phenoxy) is 1. The van der Waals surface area contributed by atoms with E-state index in [2.05, 4.69) is 21.2 Å². The summed E-state index contributed by atoms with van der Waals surface area (Å²) in [5.41, 5.74) is 1.03. The molecule has 0 radical (unpaired) electrons. The molecule has 31 heavy (non-hydrogen) atoms. The van der Waals surface area contributed by atoms with E-state index in [1.807, 2.05) is 0 Å². The first-order valence-corrected chi connectivity index (χ1v) is 11.0. The number of hydrogen-bond acceptors (Lipinski definition) is 6. The zero-order valence-corrected chi connectivity index (χ0v) is 18.9. The average Bonchev–Trinajstić information content (AvgIpc) is 3.03. The van der Waals surface area contributed by atoms with Crippen LogP contribution in [0.5, 0.6) is 0 Å². The number of nitrogens with zero attached hydrogens (tertiary/aromatic N) is 1. The molecular weight excluding hydrogens is 489 g/mol. The molecule has 0 aromatic heterocycles. The Bertz CT molecular complexity index is 1030. The van der Waals surface area contributed by atoms with Crippen LogP contribution in [0.15, 0.2) is 46.9 Å². The Balaban J connectivity index is 1.82. The molecule has 1 aliphatic rings. The van der Waals surface area contributed by atoms with Crippen LogP contribution in [0.2, 0.25) is 0 Å². The number of benzene rings is 2. The number of carbonyl (C=O) groups is 3. The van der Waals surface area contributed by atoms with Crippen molar-refractivity contribution in [3.63, 3.8) is 0 Å². The maximum Gasteiger partial charge on any atom is 0.326 e. The first-order chi connectivity index (χ1) is 14.8. The fraction of sp³-hybridized carbons (Fsp3) is 0.238. The molecule has 0 aliphatic carbocycles. The Hall–Kier alpha value is -2.72. The number of carbonyl (C=O) groups excluding carboxylic acids is 3. The van der Waals surface area contributed by atoms with Crippen LogP contribution in [0, 0.1) is 11.2 Å². The third kappa shape index (κ3) is 5.71. The van der Waals surface area contributed by atoms with E-state index in [-0.39, 0.29) is 28.9 Å². The van der Waals surface area contributed by atoms with Crippen LogP contribution in [0.25, 0.3) is 0 Å².